The van der Waals surface area contributed by atoms with Crippen LogP contribution in [0.5, 0.6) is 0 Å². The lowest BCUT2D eigenvalue weighted by Crippen LogP contribution is -2.29. The van der Waals surface area contributed by atoms with Crippen molar-refractivity contribution in [1.29, 1.82) is 0 Å². The van der Waals surface area contributed by atoms with E-state index >= 15 is 0 Å². The highest BCUT2D eigenvalue weighted by Gasteiger charge is 2.09. The van der Waals surface area contributed by atoms with Gasteiger partial charge in [0, 0.05) is 11.4 Å². The standard InChI is InChI=1S/C16H17N5O3S2/c1-10-6-13-15(20-9-21-16(13)25-10)19-8-14(22)18-7-11-2-4-12(5-3-11)26(17,23)24/h2-6,9H,7-8H2,1H3,(H,18,22)(H2,17,23,24)(H,19,20,21). The topological polar surface area (TPSA) is 127 Å². The van der Waals surface area contributed by atoms with Crippen LogP contribution in [0.1, 0.15) is 10.4 Å². The van der Waals surface area contributed by atoms with Gasteiger partial charge < -0.3 is 10.6 Å². The highest BCUT2D eigenvalue weighted by atomic mass is 32.2. The Hall–Kier alpha value is -2.56. The van der Waals surface area contributed by atoms with Gasteiger partial charge in [0.15, 0.2) is 0 Å². The Labute approximate surface area is 154 Å². The number of nitrogens with two attached hydrogens (primary N) is 1. The van der Waals surface area contributed by atoms with E-state index in [0.29, 0.717) is 5.82 Å². The fraction of sp³-hybridized carbons (Fsp3) is 0.188. The number of thiophene rings is 1. The monoisotopic (exact) mass is 391 g/mol. The summed E-state index contributed by atoms with van der Waals surface area (Å²) in [6.07, 6.45) is 1.46. The summed E-state index contributed by atoms with van der Waals surface area (Å²) in [7, 11) is -3.71. The van der Waals surface area contributed by atoms with E-state index in [9.17, 15) is 13.2 Å². The molecule has 0 aliphatic rings. The van der Waals surface area contributed by atoms with E-state index in [0.717, 1.165) is 20.7 Å². The van der Waals surface area contributed by atoms with Crippen molar-refractivity contribution >= 4 is 43.3 Å². The van der Waals surface area contributed by atoms with Crippen LogP contribution in [-0.2, 0) is 21.4 Å². The number of amides is 1. The smallest absolute Gasteiger partial charge is 0.239 e. The summed E-state index contributed by atoms with van der Waals surface area (Å²) in [5.74, 6) is 0.409. The number of hydrogen-bond acceptors (Lipinski definition) is 7. The predicted octanol–water partition coefficient (Wildman–Crippen LogP) is 1.38. The number of carbonyl (C=O) groups is 1. The molecule has 0 aliphatic heterocycles. The number of primary sulfonamides is 1. The molecule has 136 valence electrons. The summed E-state index contributed by atoms with van der Waals surface area (Å²) in [6.45, 7) is 2.34. The summed E-state index contributed by atoms with van der Waals surface area (Å²) in [6, 6.07) is 8.01. The second-order valence-electron chi connectivity index (χ2n) is 5.62. The first-order valence-corrected chi connectivity index (χ1v) is 10.0. The summed E-state index contributed by atoms with van der Waals surface area (Å²) in [5.41, 5.74) is 0.767. The lowest BCUT2D eigenvalue weighted by Gasteiger charge is -2.08. The van der Waals surface area contributed by atoms with E-state index in [2.05, 4.69) is 20.6 Å². The minimum atomic E-state index is -3.71. The Morgan fingerprint density at radius 1 is 1.23 bits per heavy atom. The number of hydrogen-bond donors (Lipinski definition) is 3. The number of nitrogens with zero attached hydrogens (tertiary/aromatic N) is 2. The van der Waals surface area contributed by atoms with Crippen LogP contribution in [0.15, 0.2) is 41.6 Å². The Morgan fingerprint density at radius 3 is 2.65 bits per heavy atom. The summed E-state index contributed by atoms with van der Waals surface area (Å²) >= 11 is 1.57. The van der Waals surface area contributed by atoms with Gasteiger partial charge in [-0.05, 0) is 30.7 Å². The largest absolute Gasteiger partial charge is 0.360 e. The zero-order valence-corrected chi connectivity index (χ0v) is 15.5. The molecule has 0 saturated carbocycles. The Morgan fingerprint density at radius 2 is 1.96 bits per heavy atom. The van der Waals surface area contributed by atoms with E-state index in [1.54, 1.807) is 23.5 Å². The van der Waals surface area contributed by atoms with Gasteiger partial charge in [0.25, 0.3) is 0 Å². The number of sulfonamides is 1. The number of carbonyl (C=O) groups excluding carboxylic acids is 1. The quantitative estimate of drug-likeness (QED) is 0.582. The van der Waals surface area contributed by atoms with Gasteiger partial charge in [-0.1, -0.05) is 12.1 Å². The predicted molar refractivity (Wildman–Crippen MR) is 100 cm³/mol. The first-order chi connectivity index (χ1) is 12.3. The molecule has 3 rings (SSSR count). The van der Waals surface area contributed by atoms with E-state index in [-0.39, 0.29) is 23.9 Å². The van der Waals surface area contributed by atoms with Crippen LogP contribution in [0.2, 0.25) is 0 Å². The Kier molecular flexibility index (Phi) is 5.16. The Bertz CT molecular complexity index is 1050. The van der Waals surface area contributed by atoms with Crippen LogP contribution in [0, 0.1) is 6.92 Å². The maximum atomic E-state index is 12.0. The maximum absolute atomic E-state index is 12.0. The first-order valence-electron chi connectivity index (χ1n) is 7.66. The minimum absolute atomic E-state index is 0.0353. The fourth-order valence-corrected chi connectivity index (χ4v) is 3.70. The van der Waals surface area contributed by atoms with Crippen LogP contribution in [0.4, 0.5) is 5.82 Å². The van der Waals surface area contributed by atoms with Crippen LogP contribution >= 0.6 is 11.3 Å². The molecule has 0 spiro atoms. The lowest BCUT2D eigenvalue weighted by molar-refractivity contribution is -0.119. The SMILES string of the molecule is Cc1cc2c(NCC(=O)NCc3ccc(S(N)(=O)=O)cc3)ncnc2s1. The highest BCUT2D eigenvalue weighted by molar-refractivity contribution is 7.89. The molecule has 1 aromatic carbocycles. The fourth-order valence-electron chi connectivity index (χ4n) is 2.34. The van der Waals surface area contributed by atoms with Crippen molar-refractivity contribution < 1.29 is 13.2 Å². The van der Waals surface area contributed by atoms with Crippen LogP contribution in [-0.4, -0.2) is 30.8 Å². The normalized spacial score (nSPS) is 11.5. The van der Waals surface area contributed by atoms with Crippen molar-refractivity contribution in [2.24, 2.45) is 5.14 Å². The molecule has 3 aromatic rings. The second kappa shape index (κ2) is 7.36. The lowest BCUT2D eigenvalue weighted by atomic mass is 10.2. The molecule has 8 nitrogen and oxygen atoms in total. The molecule has 0 bridgehead atoms. The van der Waals surface area contributed by atoms with Gasteiger partial charge in [0.2, 0.25) is 15.9 Å². The molecule has 10 heteroatoms. The molecule has 1 amide bonds. The molecule has 0 unspecified atom stereocenters. The van der Waals surface area contributed by atoms with Crippen molar-refractivity contribution in [2.45, 2.75) is 18.4 Å². The number of fused-ring (bicyclic) bond motifs is 1. The molecule has 4 N–H and O–H groups in total. The number of rotatable bonds is 6. The summed E-state index contributed by atoms with van der Waals surface area (Å²) in [4.78, 5) is 22.4. The third kappa shape index (κ3) is 4.34. The van der Waals surface area contributed by atoms with Gasteiger partial charge in [-0.2, -0.15) is 0 Å². The molecular weight excluding hydrogens is 374 g/mol. The van der Waals surface area contributed by atoms with Gasteiger partial charge in [0.1, 0.15) is 17.0 Å². The second-order valence-corrected chi connectivity index (χ2v) is 8.41. The van der Waals surface area contributed by atoms with Crippen molar-refractivity contribution in [3.8, 4) is 0 Å². The molecule has 0 atom stereocenters. The third-order valence-electron chi connectivity index (χ3n) is 3.61. The number of benzene rings is 1. The summed E-state index contributed by atoms with van der Waals surface area (Å²) < 4.78 is 22.4. The molecule has 26 heavy (non-hydrogen) atoms. The number of aromatic nitrogens is 2. The van der Waals surface area contributed by atoms with Crippen molar-refractivity contribution in [2.75, 3.05) is 11.9 Å². The van der Waals surface area contributed by atoms with Gasteiger partial charge in [0.05, 0.1) is 16.8 Å². The molecule has 0 aliphatic carbocycles. The highest BCUT2D eigenvalue weighted by Crippen LogP contribution is 2.27. The van der Waals surface area contributed by atoms with Crippen LogP contribution < -0.4 is 15.8 Å². The van der Waals surface area contributed by atoms with Crippen molar-refractivity contribution in [1.82, 2.24) is 15.3 Å². The average Bonchev–Trinajstić information content (AvgIpc) is 2.98. The number of nitrogens with one attached hydrogen (secondary N) is 2. The van der Waals surface area contributed by atoms with Gasteiger partial charge in [-0.15, -0.1) is 11.3 Å². The zero-order valence-electron chi connectivity index (χ0n) is 13.9. The van der Waals surface area contributed by atoms with E-state index in [1.807, 2.05) is 13.0 Å². The van der Waals surface area contributed by atoms with Gasteiger partial charge in [-0.25, -0.2) is 23.5 Å². The molecular formula is C16H17N5O3S2. The first kappa shape index (κ1) is 18.2. The maximum Gasteiger partial charge on any atom is 0.239 e. The molecule has 0 radical (unpaired) electrons. The number of anilines is 1. The average molecular weight is 391 g/mol. The third-order valence-corrected chi connectivity index (χ3v) is 5.50. The van der Waals surface area contributed by atoms with Gasteiger partial charge >= 0.3 is 0 Å². The van der Waals surface area contributed by atoms with Crippen LogP contribution in [0.25, 0.3) is 10.2 Å². The zero-order chi connectivity index (χ0) is 18.7. The Balaban J connectivity index is 1.56. The van der Waals surface area contributed by atoms with E-state index in [1.165, 1.54) is 18.5 Å². The van der Waals surface area contributed by atoms with E-state index in [4.69, 9.17) is 5.14 Å². The molecule has 0 saturated heterocycles. The number of aryl methyl sites for hydroxylation is 1. The molecule has 2 aromatic heterocycles. The molecule has 2 heterocycles. The van der Waals surface area contributed by atoms with Crippen LogP contribution in [0.3, 0.4) is 0 Å². The van der Waals surface area contributed by atoms with E-state index < -0.39 is 10.0 Å². The van der Waals surface area contributed by atoms with Crippen molar-refractivity contribution in [3.63, 3.8) is 0 Å². The minimum Gasteiger partial charge on any atom is -0.360 e. The molecule has 0 fully saturated rings. The summed E-state index contributed by atoms with van der Waals surface area (Å²) in [5, 5.41) is 11.7. The van der Waals surface area contributed by atoms with Crippen molar-refractivity contribution in [3.05, 3.63) is 47.1 Å². The van der Waals surface area contributed by atoms with Gasteiger partial charge in [-0.3, -0.25) is 4.79 Å².